The Morgan fingerprint density at radius 3 is 2.72 bits per heavy atom. The second-order valence-corrected chi connectivity index (χ2v) is 4.62. The molecule has 0 amide bonds. The highest BCUT2D eigenvalue weighted by Crippen LogP contribution is 2.25. The number of hydrogen-bond donors (Lipinski definition) is 1. The van der Waals surface area contributed by atoms with Gasteiger partial charge in [-0.3, -0.25) is 0 Å². The molecule has 6 nitrogen and oxygen atoms in total. The predicted octanol–water partition coefficient (Wildman–Crippen LogP) is 2.23. The van der Waals surface area contributed by atoms with Gasteiger partial charge in [0.15, 0.2) is 5.69 Å². The number of methoxy groups -OCH3 is 1. The van der Waals surface area contributed by atoms with Crippen LogP contribution >= 0.6 is 27.5 Å². The Labute approximate surface area is 114 Å². The van der Waals surface area contributed by atoms with Crippen molar-refractivity contribution in [2.45, 2.75) is 0 Å². The summed E-state index contributed by atoms with van der Waals surface area (Å²) in [5, 5.41) is 13.2. The SMILES string of the molecule is COC(=O)c1nn2c(Cl)cc(Br)cc2c1C(=O)O. The maximum atomic E-state index is 11.5. The number of carbonyl (C=O) groups excluding carboxylic acids is 1. The second kappa shape index (κ2) is 4.58. The number of halogens is 2. The molecule has 0 aliphatic rings. The molecule has 94 valence electrons. The van der Waals surface area contributed by atoms with E-state index in [0.29, 0.717) is 4.47 Å². The van der Waals surface area contributed by atoms with E-state index < -0.39 is 11.9 Å². The Morgan fingerprint density at radius 2 is 2.17 bits per heavy atom. The summed E-state index contributed by atoms with van der Waals surface area (Å²) in [4.78, 5) is 22.7. The third kappa shape index (κ3) is 1.95. The molecule has 2 heterocycles. The van der Waals surface area contributed by atoms with Crippen LogP contribution in [0.4, 0.5) is 0 Å². The molecule has 8 heteroatoms. The van der Waals surface area contributed by atoms with E-state index in [1.54, 1.807) is 0 Å². The number of carbonyl (C=O) groups is 2. The first-order chi connectivity index (χ1) is 8.45. The highest BCUT2D eigenvalue weighted by molar-refractivity contribution is 9.10. The molecule has 0 aliphatic heterocycles. The molecule has 2 aromatic heterocycles. The van der Waals surface area contributed by atoms with E-state index in [9.17, 15) is 9.59 Å². The monoisotopic (exact) mass is 332 g/mol. The molecule has 1 N–H and O–H groups in total. The summed E-state index contributed by atoms with van der Waals surface area (Å²) < 4.78 is 6.24. The van der Waals surface area contributed by atoms with E-state index in [1.165, 1.54) is 16.6 Å². The molecule has 0 saturated carbocycles. The van der Waals surface area contributed by atoms with E-state index >= 15 is 0 Å². The molecule has 0 unspecified atom stereocenters. The summed E-state index contributed by atoms with van der Waals surface area (Å²) in [7, 11) is 1.15. The van der Waals surface area contributed by atoms with Gasteiger partial charge in [0.05, 0.1) is 12.6 Å². The summed E-state index contributed by atoms with van der Waals surface area (Å²) >= 11 is 9.12. The summed E-state index contributed by atoms with van der Waals surface area (Å²) in [6.45, 7) is 0. The van der Waals surface area contributed by atoms with E-state index in [0.717, 1.165) is 7.11 Å². The van der Waals surface area contributed by atoms with Gasteiger partial charge in [-0.05, 0) is 12.1 Å². The molecule has 0 radical (unpaired) electrons. The molecule has 0 atom stereocenters. The van der Waals surface area contributed by atoms with Gasteiger partial charge in [-0.1, -0.05) is 27.5 Å². The molecule has 0 spiro atoms. The van der Waals surface area contributed by atoms with Crippen LogP contribution in [0.5, 0.6) is 0 Å². The molecular weight excluding hydrogens is 327 g/mol. The number of fused-ring (bicyclic) bond motifs is 1. The van der Waals surface area contributed by atoms with Crippen LogP contribution in [0, 0.1) is 0 Å². The van der Waals surface area contributed by atoms with Crippen LogP contribution in [-0.2, 0) is 4.74 Å². The predicted molar refractivity (Wildman–Crippen MR) is 66.2 cm³/mol. The van der Waals surface area contributed by atoms with Crippen LogP contribution in [0.25, 0.3) is 5.52 Å². The quantitative estimate of drug-likeness (QED) is 0.673. The first-order valence-electron chi connectivity index (χ1n) is 4.65. The van der Waals surface area contributed by atoms with Crippen molar-refractivity contribution in [2.24, 2.45) is 0 Å². The number of carboxylic acids is 1. The number of nitrogens with zero attached hydrogens (tertiary/aromatic N) is 2. The maximum absolute atomic E-state index is 11.5. The smallest absolute Gasteiger partial charge is 0.359 e. The minimum Gasteiger partial charge on any atom is -0.478 e. The van der Waals surface area contributed by atoms with E-state index in [2.05, 4.69) is 25.8 Å². The minimum absolute atomic E-state index is 0.178. The third-order valence-electron chi connectivity index (χ3n) is 2.25. The number of aromatic nitrogens is 2. The number of esters is 1. The standard InChI is InChI=1S/C10H6BrClN2O4/c1-18-10(17)8-7(9(15)16)5-2-4(11)3-6(12)14(5)13-8/h2-3H,1H3,(H,15,16). The largest absolute Gasteiger partial charge is 0.478 e. The van der Waals surface area contributed by atoms with Gasteiger partial charge in [0.2, 0.25) is 0 Å². The van der Waals surface area contributed by atoms with E-state index in [1.807, 2.05) is 0 Å². The molecule has 0 aliphatic carbocycles. The average molecular weight is 334 g/mol. The fourth-order valence-electron chi connectivity index (χ4n) is 1.52. The molecule has 18 heavy (non-hydrogen) atoms. The minimum atomic E-state index is -1.28. The zero-order valence-electron chi connectivity index (χ0n) is 8.98. The van der Waals surface area contributed by atoms with Gasteiger partial charge in [-0.15, -0.1) is 0 Å². The zero-order valence-corrected chi connectivity index (χ0v) is 11.3. The molecule has 0 fully saturated rings. The van der Waals surface area contributed by atoms with Crippen LogP contribution < -0.4 is 0 Å². The molecule has 0 saturated heterocycles. The van der Waals surface area contributed by atoms with Crippen molar-refractivity contribution in [1.82, 2.24) is 9.61 Å². The summed E-state index contributed by atoms with van der Waals surface area (Å²) in [6, 6.07) is 3.04. The van der Waals surface area contributed by atoms with Gasteiger partial charge in [0.25, 0.3) is 0 Å². The molecular formula is C10H6BrClN2O4. The molecule has 0 bridgehead atoms. The Kier molecular flexibility index (Phi) is 3.27. The highest BCUT2D eigenvalue weighted by Gasteiger charge is 2.26. The topological polar surface area (TPSA) is 80.9 Å². The van der Waals surface area contributed by atoms with Crippen molar-refractivity contribution >= 4 is 45.0 Å². The van der Waals surface area contributed by atoms with Gasteiger partial charge in [-0.2, -0.15) is 5.10 Å². The van der Waals surface area contributed by atoms with Crippen molar-refractivity contribution < 1.29 is 19.4 Å². The number of ether oxygens (including phenoxy) is 1. The summed E-state index contributed by atoms with van der Waals surface area (Å²) in [6.07, 6.45) is 0. The van der Waals surface area contributed by atoms with Crippen molar-refractivity contribution in [2.75, 3.05) is 7.11 Å². The molecule has 2 rings (SSSR count). The van der Waals surface area contributed by atoms with Crippen LogP contribution in [0.3, 0.4) is 0 Å². The first kappa shape index (κ1) is 12.8. The third-order valence-corrected chi connectivity index (χ3v) is 2.97. The Bertz CT molecular complexity index is 667. The summed E-state index contributed by atoms with van der Waals surface area (Å²) in [5.41, 5.74) is -0.322. The van der Waals surface area contributed by atoms with Crippen molar-refractivity contribution in [3.05, 3.63) is 33.0 Å². The fourth-order valence-corrected chi connectivity index (χ4v) is 2.34. The van der Waals surface area contributed by atoms with E-state index in [-0.39, 0.29) is 21.9 Å². The van der Waals surface area contributed by atoms with Crippen LogP contribution in [-0.4, -0.2) is 33.8 Å². The highest BCUT2D eigenvalue weighted by atomic mass is 79.9. The first-order valence-corrected chi connectivity index (χ1v) is 5.82. The fraction of sp³-hybridized carbons (Fsp3) is 0.100. The lowest BCUT2D eigenvalue weighted by atomic mass is 10.2. The van der Waals surface area contributed by atoms with Crippen LogP contribution in [0.2, 0.25) is 5.15 Å². The van der Waals surface area contributed by atoms with Crippen LogP contribution in [0.1, 0.15) is 20.8 Å². The van der Waals surface area contributed by atoms with E-state index in [4.69, 9.17) is 16.7 Å². The number of pyridine rings is 1. The lowest BCUT2D eigenvalue weighted by molar-refractivity contribution is 0.0577. The lowest BCUT2D eigenvalue weighted by Gasteiger charge is -1.98. The number of aromatic carboxylic acids is 1. The van der Waals surface area contributed by atoms with Gasteiger partial charge in [0.1, 0.15) is 10.7 Å². The average Bonchev–Trinajstić information content (AvgIpc) is 2.67. The second-order valence-electron chi connectivity index (χ2n) is 3.31. The number of carboxylic acid groups (broad SMARTS) is 1. The Hall–Kier alpha value is -1.60. The maximum Gasteiger partial charge on any atom is 0.359 e. The van der Waals surface area contributed by atoms with Gasteiger partial charge < -0.3 is 9.84 Å². The Morgan fingerprint density at radius 1 is 1.50 bits per heavy atom. The van der Waals surface area contributed by atoms with Crippen molar-refractivity contribution in [3.8, 4) is 0 Å². The van der Waals surface area contributed by atoms with Gasteiger partial charge in [-0.25, -0.2) is 14.1 Å². The van der Waals surface area contributed by atoms with Gasteiger partial charge in [0, 0.05) is 4.47 Å². The normalized spacial score (nSPS) is 10.6. The Balaban J connectivity index is 2.88. The van der Waals surface area contributed by atoms with Crippen molar-refractivity contribution in [3.63, 3.8) is 0 Å². The van der Waals surface area contributed by atoms with Crippen molar-refractivity contribution in [1.29, 1.82) is 0 Å². The number of hydrogen-bond acceptors (Lipinski definition) is 4. The van der Waals surface area contributed by atoms with Gasteiger partial charge >= 0.3 is 11.9 Å². The molecule has 0 aromatic carbocycles. The number of rotatable bonds is 2. The lowest BCUT2D eigenvalue weighted by Crippen LogP contribution is -2.08. The van der Waals surface area contributed by atoms with Crippen LogP contribution in [0.15, 0.2) is 16.6 Å². The summed E-state index contributed by atoms with van der Waals surface area (Å²) in [5.74, 6) is -2.11. The molecule has 2 aromatic rings. The zero-order chi connectivity index (χ0) is 13.4.